The number of nitrogens with zero attached hydrogens (tertiary/aromatic N) is 2. The van der Waals surface area contributed by atoms with E-state index in [4.69, 9.17) is 0 Å². The number of phenolic OH excluding ortho intramolecular Hbond substituents is 1. The van der Waals surface area contributed by atoms with Crippen molar-refractivity contribution in [2.45, 2.75) is 11.8 Å². The van der Waals surface area contributed by atoms with Gasteiger partial charge in [0.25, 0.3) is 5.91 Å². The molecule has 0 heterocycles. The van der Waals surface area contributed by atoms with Gasteiger partial charge in [0.15, 0.2) is 0 Å². The number of likely N-dealkylation sites (N-methyl/N-ethyl adjacent to an activating group) is 1. The van der Waals surface area contributed by atoms with Gasteiger partial charge in [0.1, 0.15) is 5.75 Å². The number of aryl methyl sites for hydroxylation is 1. The molecule has 0 atom stereocenters. The Bertz CT molecular complexity index is 877. The first-order valence-electron chi connectivity index (χ1n) is 7.43. The zero-order valence-corrected chi connectivity index (χ0v) is 14.7. The predicted molar refractivity (Wildman–Crippen MR) is 94.8 cm³/mol. The summed E-state index contributed by atoms with van der Waals surface area (Å²) < 4.78 is 25.7. The van der Waals surface area contributed by atoms with Crippen LogP contribution in [0.4, 0.5) is 0 Å². The van der Waals surface area contributed by atoms with E-state index in [-0.39, 0.29) is 17.2 Å². The fraction of sp³-hybridized carbons (Fsp3) is 0.176. The van der Waals surface area contributed by atoms with Crippen molar-refractivity contribution in [2.75, 3.05) is 13.6 Å². The van der Waals surface area contributed by atoms with Gasteiger partial charge in [-0.15, -0.1) is 0 Å². The van der Waals surface area contributed by atoms with Crippen molar-refractivity contribution in [3.05, 3.63) is 59.7 Å². The Labute approximate surface area is 146 Å². The molecule has 0 aromatic heterocycles. The van der Waals surface area contributed by atoms with Crippen molar-refractivity contribution in [3.63, 3.8) is 0 Å². The monoisotopic (exact) mass is 361 g/mol. The van der Waals surface area contributed by atoms with Crippen LogP contribution in [0.25, 0.3) is 0 Å². The maximum absolute atomic E-state index is 12.4. The van der Waals surface area contributed by atoms with Crippen LogP contribution in [0, 0.1) is 6.92 Å². The molecule has 2 aromatic carbocycles. The average molecular weight is 361 g/mol. The fourth-order valence-corrected chi connectivity index (χ4v) is 3.12. The molecule has 0 unspecified atom stereocenters. The quantitative estimate of drug-likeness (QED) is 0.601. The summed E-state index contributed by atoms with van der Waals surface area (Å²) in [6, 6.07) is 12.7. The molecule has 8 heteroatoms. The number of sulfonamides is 1. The summed E-state index contributed by atoms with van der Waals surface area (Å²) in [5, 5.41) is 13.1. The summed E-state index contributed by atoms with van der Waals surface area (Å²) in [4.78, 5) is 12.0. The highest BCUT2D eigenvalue weighted by Gasteiger charge is 2.22. The van der Waals surface area contributed by atoms with Crippen LogP contribution in [0.3, 0.4) is 0 Å². The molecular weight excluding hydrogens is 342 g/mol. The lowest BCUT2D eigenvalue weighted by Gasteiger charge is -2.16. The highest BCUT2D eigenvalue weighted by molar-refractivity contribution is 7.89. The van der Waals surface area contributed by atoms with Crippen LogP contribution in [-0.2, 0) is 14.8 Å². The van der Waals surface area contributed by atoms with E-state index in [1.54, 1.807) is 24.3 Å². The van der Waals surface area contributed by atoms with Gasteiger partial charge in [-0.3, -0.25) is 4.79 Å². The van der Waals surface area contributed by atoms with Crippen molar-refractivity contribution >= 4 is 22.1 Å². The van der Waals surface area contributed by atoms with E-state index in [0.29, 0.717) is 5.56 Å². The highest BCUT2D eigenvalue weighted by atomic mass is 32.2. The third-order valence-corrected chi connectivity index (χ3v) is 5.19. The SMILES string of the molecule is Cc1ccc(S(=O)(=O)N(C)CC(=O)N/N=C\c2cccc(O)c2)cc1. The molecule has 1 amide bonds. The molecule has 0 aliphatic heterocycles. The number of carbonyl (C=O) groups excluding carboxylic acids is 1. The normalized spacial score (nSPS) is 11.8. The second-order valence-corrected chi connectivity index (χ2v) is 7.51. The molecule has 2 rings (SSSR count). The van der Waals surface area contributed by atoms with E-state index in [0.717, 1.165) is 9.87 Å². The molecule has 0 fully saturated rings. The van der Waals surface area contributed by atoms with Gasteiger partial charge in [-0.05, 0) is 36.8 Å². The van der Waals surface area contributed by atoms with Gasteiger partial charge < -0.3 is 5.11 Å². The van der Waals surface area contributed by atoms with Gasteiger partial charge in [0.05, 0.1) is 17.7 Å². The van der Waals surface area contributed by atoms with Gasteiger partial charge in [-0.2, -0.15) is 9.41 Å². The molecule has 0 bridgehead atoms. The lowest BCUT2D eigenvalue weighted by molar-refractivity contribution is -0.121. The third-order valence-electron chi connectivity index (χ3n) is 3.37. The van der Waals surface area contributed by atoms with Gasteiger partial charge in [0.2, 0.25) is 10.0 Å². The number of benzene rings is 2. The first-order chi connectivity index (χ1) is 11.8. The molecular formula is C17H19N3O4S. The average Bonchev–Trinajstić information content (AvgIpc) is 2.55. The summed E-state index contributed by atoms with van der Waals surface area (Å²) in [6.45, 7) is 1.49. The van der Waals surface area contributed by atoms with E-state index in [1.807, 2.05) is 6.92 Å². The van der Waals surface area contributed by atoms with E-state index >= 15 is 0 Å². The number of hydrogen-bond donors (Lipinski definition) is 2. The molecule has 2 N–H and O–H groups in total. The van der Waals surface area contributed by atoms with E-state index in [2.05, 4.69) is 10.5 Å². The maximum Gasteiger partial charge on any atom is 0.255 e. The minimum absolute atomic E-state index is 0.0826. The van der Waals surface area contributed by atoms with Crippen molar-refractivity contribution < 1.29 is 18.3 Å². The zero-order chi connectivity index (χ0) is 18.4. The second-order valence-electron chi connectivity index (χ2n) is 5.46. The smallest absolute Gasteiger partial charge is 0.255 e. The third kappa shape index (κ3) is 5.13. The predicted octanol–water partition coefficient (Wildman–Crippen LogP) is 1.47. The Balaban J connectivity index is 1.96. The Morgan fingerprint density at radius 2 is 1.92 bits per heavy atom. The summed E-state index contributed by atoms with van der Waals surface area (Å²) in [6.07, 6.45) is 1.35. The molecule has 0 radical (unpaired) electrons. The summed E-state index contributed by atoms with van der Waals surface area (Å²) >= 11 is 0. The number of carbonyl (C=O) groups is 1. The van der Waals surface area contributed by atoms with Crippen LogP contribution in [0.2, 0.25) is 0 Å². The number of rotatable bonds is 6. The van der Waals surface area contributed by atoms with Gasteiger partial charge in [-0.25, -0.2) is 13.8 Å². The minimum atomic E-state index is -3.75. The molecule has 0 spiro atoms. The standard InChI is InChI=1S/C17H19N3O4S/c1-13-6-8-16(9-7-13)25(23,24)20(2)12-17(22)19-18-11-14-4-3-5-15(21)10-14/h3-11,21H,12H2,1-2H3,(H,19,22)/b18-11-. The summed E-state index contributed by atoms with van der Waals surface area (Å²) in [5.74, 6) is -0.492. The number of hydrogen-bond acceptors (Lipinski definition) is 5. The molecule has 0 saturated carbocycles. The Morgan fingerprint density at radius 3 is 2.56 bits per heavy atom. The van der Waals surface area contributed by atoms with Crippen LogP contribution in [0.15, 0.2) is 58.5 Å². The minimum Gasteiger partial charge on any atom is -0.508 e. The van der Waals surface area contributed by atoms with Gasteiger partial charge in [-0.1, -0.05) is 29.8 Å². The lowest BCUT2D eigenvalue weighted by Crippen LogP contribution is -2.36. The lowest BCUT2D eigenvalue weighted by atomic mass is 10.2. The number of hydrazone groups is 1. The number of aromatic hydroxyl groups is 1. The fourth-order valence-electron chi connectivity index (χ4n) is 2.00. The Kier molecular flexibility index (Phi) is 5.89. The van der Waals surface area contributed by atoms with Crippen LogP contribution in [0.5, 0.6) is 5.75 Å². The van der Waals surface area contributed by atoms with Crippen molar-refractivity contribution in [2.24, 2.45) is 5.10 Å². The first-order valence-corrected chi connectivity index (χ1v) is 8.87. The van der Waals surface area contributed by atoms with Crippen LogP contribution >= 0.6 is 0 Å². The maximum atomic E-state index is 12.4. The number of amides is 1. The number of phenols is 1. The second kappa shape index (κ2) is 7.91. The first kappa shape index (κ1) is 18.6. The van der Waals surface area contributed by atoms with Crippen LogP contribution in [-0.4, -0.2) is 43.5 Å². The molecule has 0 aliphatic rings. The summed E-state index contributed by atoms with van der Waals surface area (Å²) in [7, 11) is -2.42. The van der Waals surface area contributed by atoms with Gasteiger partial charge >= 0.3 is 0 Å². The summed E-state index contributed by atoms with van der Waals surface area (Å²) in [5.41, 5.74) is 3.80. The highest BCUT2D eigenvalue weighted by Crippen LogP contribution is 2.14. The molecule has 132 valence electrons. The van der Waals surface area contributed by atoms with Crippen molar-refractivity contribution in [3.8, 4) is 5.75 Å². The molecule has 2 aromatic rings. The van der Waals surface area contributed by atoms with Crippen LogP contribution < -0.4 is 5.43 Å². The van der Waals surface area contributed by atoms with E-state index in [1.165, 1.54) is 37.5 Å². The largest absolute Gasteiger partial charge is 0.508 e. The topological polar surface area (TPSA) is 99.1 Å². The molecule has 0 aliphatic carbocycles. The molecule has 0 saturated heterocycles. The Hall–Kier alpha value is -2.71. The van der Waals surface area contributed by atoms with E-state index < -0.39 is 15.9 Å². The van der Waals surface area contributed by atoms with Crippen molar-refractivity contribution in [1.29, 1.82) is 0 Å². The molecule has 25 heavy (non-hydrogen) atoms. The zero-order valence-electron chi connectivity index (χ0n) is 13.9. The Morgan fingerprint density at radius 1 is 1.24 bits per heavy atom. The van der Waals surface area contributed by atoms with Gasteiger partial charge in [0, 0.05) is 7.05 Å². The van der Waals surface area contributed by atoms with E-state index in [9.17, 15) is 18.3 Å². The van der Waals surface area contributed by atoms with Crippen molar-refractivity contribution in [1.82, 2.24) is 9.73 Å². The van der Waals surface area contributed by atoms with Crippen LogP contribution in [0.1, 0.15) is 11.1 Å². The molecule has 7 nitrogen and oxygen atoms in total. The number of nitrogens with one attached hydrogen (secondary N) is 1.